The van der Waals surface area contributed by atoms with Gasteiger partial charge >= 0.3 is 0 Å². The molecule has 1 aliphatic heterocycles. The van der Waals surface area contributed by atoms with Gasteiger partial charge in [0.15, 0.2) is 0 Å². The van der Waals surface area contributed by atoms with Crippen molar-refractivity contribution in [2.45, 2.75) is 78.3 Å². The zero-order valence-corrected chi connectivity index (χ0v) is 14.0. The minimum Gasteiger partial charge on any atom is -0.314 e. The lowest BCUT2D eigenvalue weighted by molar-refractivity contribution is 0.00512. The van der Waals surface area contributed by atoms with Gasteiger partial charge in [-0.1, -0.05) is 27.7 Å². The van der Waals surface area contributed by atoms with Gasteiger partial charge in [-0.25, -0.2) is 0 Å². The molecule has 0 amide bonds. The van der Waals surface area contributed by atoms with Crippen molar-refractivity contribution in [3.8, 4) is 0 Å². The molecule has 0 aromatic carbocycles. The summed E-state index contributed by atoms with van der Waals surface area (Å²) < 4.78 is 0. The molecule has 0 unspecified atom stereocenters. The van der Waals surface area contributed by atoms with Crippen molar-refractivity contribution in [1.29, 1.82) is 0 Å². The van der Waals surface area contributed by atoms with Crippen molar-refractivity contribution in [2.24, 2.45) is 10.8 Å². The SMILES string of the molecule is CNC1(C)CCN(C2CC(C)(C)CC(C)(C)C2)CC1. The van der Waals surface area contributed by atoms with E-state index in [1.54, 1.807) is 0 Å². The minimum absolute atomic E-state index is 0.371. The quantitative estimate of drug-likeness (QED) is 0.820. The molecule has 2 rings (SSSR count). The maximum atomic E-state index is 3.51. The van der Waals surface area contributed by atoms with Crippen molar-refractivity contribution in [3.05, 3.63) is 0 Å². The zero-order valence-electron chi connectivity index (χ0n) is 14.0. The van der Waals surface area contributed by atoms with Gasteiger partial charge in [0.05, 0.1) is 0 Å². The summed E-state index contributed by atoms with van der Waals surface area (Å²) in [6, 6.07) is 0.806. The van der Waals surface area contributed by atoms with E-state index in [9.17, 15) is 0 Å². The second kappa shape index (κ2) is 5.04. The molecule has 112 valence electrons. The molecule has 0 spiro atoms. The molecule has 2 nitrogen and oxygen atoms in total. The summed E-state index contributed by atoms with van der Waals surface area (Å²) in [7, 11) is 2.11. The summed E-state index contributed by atoms with van der Waals surface area (Å²) >= 11 is 0. The maximum Gasteiger partial charge on any atom is 0.0174 e. The Morgan fingerprint density at radius 3 is 1.79 bits per heavy atom. The van der Waals surface area contributed by atoms with E-state index in [0.29, 0.717) is 16.4 Å². The van der Waals surface area contributed by atoms with Crippen LogP contribution in [0.3, 0.4) is 0 Å². The van der Waals surface area contributed by atoms with Gasteiger partial charge < -0.3 is 10.2 Å². The molecule has 2 fully saturated rings. The Morgan fingerprint density at radius 1 is 0.895 bits per heavy atom. The Labute approximate surface area is 120 Å². The van der Waals surface area contributed by atoms with E-state index in [-0.39, 0.29) is 0 Å². The molecule has 1 aliphatic carbocycles. The molecule has 19 heavy (non-hydrogen) atoms. The van der Waals surface area contributed by atoms with Crippen LogP contribution in [0.15, 0.2) is 0 Å². The summed E-state index contributed by atoms with van der Waals surface area (Å²) in [5.41, 5.74) is 1.39. The van der Waals surface area contributed by atoms with E-state index in [1.165, 1.54) is 45.2 Å². The Morgan fingerprint density at radius 2 is 1.37 bits per heavy atom. The first kappa shape index (κ1) is 15.3. The highest BCUT2D eigenvalue weighted by atomic mass is 15.2. The summed E-state index contributed by atoms with van der Waals surface area (Å²) in [4.78, 5) is 2.78. The molecule has 0 radical (unpaired) electrons. The van der Waals surface area contributed by atoms with Crippen LogP contribution in [0.2, 0.25) is 0 Å². The second-order valence-corrected chi connectivity index (χ2v) is 8.91. The van der Waals surface area contributed by atoms with Crippen molar-refractivity contribution in [3.63, 3.8) is 0 Å². The van der Waals surface area contributed by atoms with E-state index in [2.05, 4.69) is 51.9 Å². The van der Waals surface area contributed by atoms with Crippen LogP contribution < -0.4 is 5.32 Å². The summed E-state index contributed by atoms with van der Waals surface area (Å²) in [6.45, 7) is 14.8. The third kappa shape index (κ3) is 3.72. The van der Waals surface area contributed by atoms with Gasteiger partial charge in [0.25, 0.3) is 0 Å². The zero-order chi connectivity index (χ0) is 14.3. The number of hydrogen-bond donors (Lipinski definition) is 1. The number of nitrogens with one attached hydrogen (secondary N) is 1. The van der Waals surface area contributed by atoms with Gasteiger partial charge in [0, 0.05) is 24.7 Å². The lowest BCUT2D eigenvalue weighted by atomic mass is 9.63. The van der Waals surface area contributed by atoms with Gasteiger partial charge in [0.2, 0.25) is 0 Å². The van der Waals surface area contributed by atoms with Crippen LogP contribution in [0.1, 0.15) is 66.7 Å². The van der Waals surface area contributed by atoms with Crippen molar-refractivity contribution in [1.82, 2.24) is 10.2 Å². The van der Waals surface area contributed by atoms with Crippen LogP contribution in [0, 0.1) is 10.8 Å². The number of nitrogens with zero attached hydrogens (tertiary/aromatic N) is 1. The Bertz CT molecular complexity index is 295. The van der Waals surface area contributed by atoms with E-state index in [0.717, 1.165) is 6.04 Å². The fourth-order valence-corrected chi connectivity index (χ4v) is 4.68. The summed E-state index contributed by atoms with van der Waals surface area (Å²) in [5, 5.41) is 3.51. The van der Waals surface area contributed by atoms with Gasteiger partial charge in [-0.05, 0) is 56.9 Å². The molecule has 1 heterocycles. The third-order valence-corrected chi connectivity index (χ3v) is 5.56. The lowest BCUT2D eigenvalue weighted by Gasteiger charge is -2.51. The highest BCUT2D eigenvalue weighted by molar-refractivity contribution is 4.96. The highest BCUT2D eigenvalue weighted by Crippen LogP contribution is 2.47. The molecule has 1 N–H and O–H groups in total. The van der Waals surface area contributed by atoms with Crippen LogP contribution in [0.25, 0.3) is 0 Å². The average Bonchev–Trinajstić information content (AvgIpc) is 2.26. The first-order chi connectivity index (χ1) is 8.65. The fraction of sp³-hybridized carbons (Fsp3) is 1.00. The normalized spacial score (nSPS) is 31.3. The number of hydrogen-bond acceptors (Lipinski definition) is 2. The van der Waals surface area contributed by atoms with E-state index < -0.39 is 0 Å². The average molecular weight is 266 g/mol. The smallest absolute Gasteiger partial charge is 0.0174 e. The van der Waals surface area contributed by atoms with Crippen molar-refractivity contribution in [2.75, 3.05) is 20.1 Å². The van der Waals surface area contributed by atoms with Crippen LogP contribution in [0.5, 0.6) is 0 Å². The molecule has 0 aromatic heterocycles. The minimum atomic E-state index is 0.371. The predicted molar refractivity (Wildman–Crippen MR) is 83.5 cm³/mol. The Kier molecular flexibility index (Phi) is 4.06. The first-order valence-corrected chi connectivity index (χ1v) is 8.08. The van der Waals surface area contributed by atoms with Crippen LogP contribution in [-0.4, -0.2) is 36.6 Å². The predicted octanol–water partition coefficient (Wildman–Crippen LogP) is 3.67. The molecule has 0 atom stereocenters. The van der Waals surface area contributed by atoms with Gasteiger partial charge in [0.1, 0.15) is 0 Å². The molecule has 2 heteroatoms. The van der Waals surface area contributed by atoms with E-state index in [1.807, 2.05) is 0 Å². The lowest BCUT2D eigenvalue weighted by Crippen LogP contribution is -2.54. The number of likely N-dealkylation sites (tertiary alicyclic amines) is 1. The molecule has 1 saturated carbocycles. The van der Waals surface area contributed by atoms with Gasteiger partial charge in [-0.15, -0.1) is 0 Å². The van der Waals surface area contributed by atoms with Crippen molar-refractivity contribution < 1.29 is 0 Å². The molecular weight excluding hydrogens is 232 g/mol. The topological polar surface area (TPSA) is 15.3 Å². The maximum absolute atomic E-state index is 3.51. The summed E-state index contributed by atoms with van der Waals surface area (Å²) in [6.07, 6.45) is 6.72. The first-order valence-electron chi connectivity index (χ1n) is 8.08. The van der Waals surface area contributed by atoms with E-state index >= 15 is 0 Å². The molecule has 1 saturated heterocycles. The Hall–Kier alpha value is -0.0800. The molecule has 0 aromatic rings. The van der Waals surface area contributed by atoms with Crippen molar-refractivity contribution >= 4 is 0 Å². The monoisotopic (exact) mass is 266 g/mol. The fourth-order valence-electron chi connectivity index (χ4n) is 4.68. The van der Waals surface area contributed by atoms with Crippen LogP contribution in [0.4, 0.5) is 0 Å². The number of rotatable bonds is 2. The largest absolute Gasteiger partial charge is 0.314 e. The standard InChI is InChI=1S/C17H34N2/c1-15(2)11-14(12-16(3,4)13-15)19-9-7-17(5,18-6)8-10-19/h14,18H,7-13H2,1-6H3. The van der Waals surface area contributed by atoms with Crippen LogP contribution in [-0.2, 0) is 0 Å². The molecular formula is C17H34N2. The highest BCUT2D eigenvalue weighted by Gasteiger charge is 2.42. The number of piperidine rings is 1. The molecule has 2 aliphatic rings. The van der Waals surface area contributed by atoms with E-state index in [4.69, 9.17) is 0 Å². The second-order valence-electron chi connectivity index (χ2n) is 8.91. The third-order valence-electron chi connectivity index (χ3n) is 5.56. The van der Waals surface area contributed by atoms with Crippen LogP contribution >= 0.6 is 0 Å². The van der Waals surface area contributed by atoms with Gasteiger partial charge in [-0.3, -0.25) is 0 Å². The Balaban J connectivity index is 1.99. The summed E-state index contributed by atoms with van der Waals surface area (Å²) in [5.74, 6) is 0. The molecule has 0 bridgehead atoms. The van der Waals surface area contributed by atoms with Gasteiger partial charge in [-0.2, -0.15) is 0 Å².